The van der Waals surface area contributed by atoms with Gasteiger partial charge in [0.05, 0.1) is 23.5 Å². The summed E-state index contributed by atoms with van der Waals surface area (Å²) in [5.41, 5.74) is 2.74. The fraction of sp³-hybridized carbons (Fsp3) is 0.280. The minimum Gasteiger partial charge on any atom is -0.445 e. The lowest BCUT2D eigenvalue weighted by molar-refractivity contribution is 0.0702. The summed E-state index contributed by atoms with van der Waals surface area (Å²) in [6, 6.07) is 15.9. The maximum atomic E-state index is 13.3. The maximum Gasteiger partial charge on any atom is 0.265 e. The molecule has 6 nitrogen and oxygen atoms in total. The van der Waals surface area contributed by atoms with Crippen molar-refractivity contribution in [2.75, 3.05) is 13.1 Å². The van der Waals surface area contributed by atoms with Gasteiger partial charge in [0.15, 0.2) is 5.89 Å². The number of piperidine rings is 1. The minimum absolute atomic E-state index is 0.0305. The zero-order valence-corrected chi connectivity index (χ0v) is 18.7. The van der Waals surface area contributed by atoms with Crippen LogP contribution < -0.4 is 0 Å². The number of hydrogen-bond donors (Lipinski definition) is 0. The van der Waals surface area contributed by atoms with E-state index >= 15 is 0 Å². The van der Waals surface area contributed by atoms with Crippen LogP contribution >= 0.6 is 11.3 Å². The molecule has 3 aromatic heterocycles. The summed E-state index contributed by atoms with van der Waals surface area (Å²) in [6.07, 6.45) is 6.17. The van der Waals surface area contributed by atoms with Crippen molar-refractivity contribution in [3.05, 3.63) is 88.7 Å². The summed E-state index contributed by atoms with van der Waals surface area (Å²) in [6.45, 7) is 3.24. The second-order valence-electron chi connectivity index (χ2n) is 8.07. The first kappa shape index (κ1) is 20.6. The van der Waals surface area contributed by atoms with Crippen molar-refractivity contribution in [2.45, 2.75) is 32.1 Å². The van der Waals surface area contributed by atoms with E-state index in [2.05, 4.69) is 27.1 Å². The fourth-order valence-electron chi connectivity index (χ4n) is 4.09. The number of pyridine rings is 1. The summed E-state index contributed by atoms with van der Waals surface area (Å²) in [5.74, 6) is 1.72. The van der Waals surface area contributed by atoms with Crippen molar-refractivity contribution in [1.29, 1.82) is 0 Å². The van der Waals surface area contributed by atoms with Crippen LogP contribution in [0.4, 0.5) is 0 Å². The van der Waals surface area contributed by atoms with Gasteiger partial charge in [-0.2, -0.15) is 0 Å². The number of amides is 1. The highest BCUT2D eigenvalue weighted by Crippen LogP contribution is 2.31. The Morgan fingerprint density at radius 3 is 2.81 bits per heavy atom. The van der Waals surface area contributed by atoms with E-state index in [0.29, 0.717) is 11.4 Å². The van der Waals surface area contributed by atoms with Gasteiger partial charge in [0.1, 0.15) is 15.6 Å². The minimum atomic E-state index is 0.0305. The summed E-state index contributed by atoms with van der Waals surface area (Å²) in [4.78, 5) is 29.4. The van der Waals surface area contributed by atoms with Crippen LogP contribution in [0.3, 0.4) is 0 Å². The molecule has 1 saturated heterocycles. The molecule has 1 aliphatic rings. The maximum absolute atomic E-state index is 13.3. The SMILES string of the molecule is Cc1nc(-c2ccccn2)sc1C(=O)N1CCC[C@H](c2ncc(Cc3ccccc3)o2)C1. The molecule has 0 saturated carbocycles. The number of oxazole rings is 1. The normalized spacial score (nSPS) is 16.3. The number of hydrogen-bond acceptors (Lipinski definition) is 6. The predicted octanol–water partition coefficient (Wildman–Crippen LogP) is 5.11. The molecule has 1 aromatic carbocycles. The van der Waals surface area contributed by atoms with Gasteiger partial charge >= 0.3 is 0 Å². The molecule has 0 unspecified atom stereocenters. The number of likely N-dealkylation sites (tertiary alicyclic amines) is 1. The highest BCUT2D eigenvalue weighted by atomic mass is 32.1. The number of rotatable bonds is 5. The highest BCUT2D eigenvalue weighted by Gasteiger charge is 2.30. The summed E-state index contributed by atoms with van der Waals surface area (Å²) in [7, 11) is 0. The van der Waals surface area contributed by atoms with Gasteiger partial charge in [-0.3, -0.25) is 9.78 Å². The lowest BCUT2D eigenvalue weighted by Crippen LogP contribution is -2.39. The van der Waals surface area contributed by atoms with Crippen LogP contribution in [-0.4, -0.2) is 38.8 Å². The molecule has 1 amide bonds. The zero-order chi connectivity index (χ0) is 21.9. The van der Waals surface area contributed by atoms with Crippen LogP contribution in [-0.2, 0) is 6.42 Å². The third-order valence-electron chi connectivity index (χ3n) is 5.73. The lowest BCUT2D eigenvalue weighted by Gasteiger charge is -2.31. The molecule has 0 aliphatic carbocycles. The van der Waals surface area contributed by atoms with Gasteiger partial charge in [0, 0.05) is 25.7 Å². The van der Waals surface area contributed by atoms with Gasteiger partial charge in [-0.05, 0) is 37.5 Å². The second-order valence-corrected chi connectivity index (χ2v) is 9.07. The van der Waals surface area contributed by atoms with E-state index in [0.717, 1.165) is 53.9 Å². The van der Waals surface area contributed by atoms with Gasteiger partial charge in [-0.15, -0.1) is 11.3 Å². The Balaban J connectivity index is 1.29. The number of carbonyl (C=O) groups is 1. The van der Waals surface area contributed by atoms with E-state index in [1.54, 1.807) is 6.20 Å². The van der Waals surface area contributed by atoms with E-state index in [-0.39, 0.29) is 11.8 Å². The predicted molar refractivity (Wildman–Crippen MR) is 124 cm³/mol. The average Bonchev–Trinajstić information content (AvgIpc) is 3.47. The zero-order valence-electron chi connectivity index (χ0n) is 17.9. The molecule has 1 atom stereocenters. The topological polar surface area (TPSA) is 72.1 Å². The van der Waals surface area contributed by atoms with Crippen molar-refractivity contribution in [2.24, 2.45) is 0 Å². The van der Waals surface area contributed by atoms with Crippen LogP contribution in [0.5, 0.6) is 0 Å². The number of aromatic nitrogens is 3. The number of carbonyl (C=O) groups excluding carboxylic acids is 1. The Hall–Kier alpha value is -3.32. The van der Waals surface area contributed by atoms with Gasteiger partial charge < -0.3 is 9.32 Å². The Morgan fingerprint density at radius 1 is 1.16 bits per heavy atom. The van der Waals surface area contributed by atoms with Gasteiger partial charge in [0.25, 0.3) is 5.91 Å². The van der Waals surface area contributed by atoms with Crippen LogP contribution in [0.2, 0.25) is 0 Å². The highest BCUT2D eigenvalue weighted by molar-refractivity contribution is 7.17. The molecule has 1 fully saturated rings. The first-order valence-electron chi connectivity index (χ1n) is 10.8. The quantitative estimate of drug-likeness (QED) is 0.428. The molecule has 0 N–H and O–H groups in total. The van der Waals surface area contributed by atoms with E-state index in [9.17, 15) is 4.79 Å². The largest absolute Gasteiger partial charge is 0.445 e. The Kier molecular flexibility index (Phi) is 5.81. The van der Waals surface area contributed by atoms with Crippen LogP contribution in [0.15, 0.2) is 65.3 Å². The number of thiazole rings is 1. The molecule has 7 heteroatoms. The van der Waals surface area contributed by atoms with E-state index in [1.165, 1.54) is 16.9 Å². The third-order valence-corrected chi connectivity index (χ3v) is 6.89. The van der Waals surface area contributed by atoms with Crippen molar-refractivity contribution in [1.82, 2.24) is 19.9 Å². The molecular weight excluding hydrogens is 420 g/mol. The van der Waals surface area contributed by atoms with Crippen molar-refractivity contribution in [3.63, 3.8) is 0 Å². The van der Waals surface area contributed by atoms with Gasteiger partial charge in [0.2, 0.25) is 0 Å². The standard InChI is InChI=1S/C25H24N4O2S/c1-17-22(32-24(28-17)21-11-5-6-12-26-21)25(30)29-13-7-10-19(16-29)23-27-15-20(31-23)14-18-8-3-2-4-9-18/h2-6,8-9,11-12,15,19H,7,10,13-14,16H2,1H3/t19-/m0/s1. The van der Waals surface area contributed by atoms with E-state index < -0.39 is 0 Å². The number of benzene rings is 1. The Morgan fingerprint density at radius 2 is 2.00 bits per heavy atom. The second kappa shape index (κ2) is 9.04. The lowest BCUT2D eigenvalue weighted by atomic mass is 9.98. The smallest absolute Gasteiger partial charge is 0.265 e. The van der Waals surface area contributed by atoms with E-state index in [1.807, 2.05) is 54.4 Å². The van der Waals surface area contributed by atoms with E-state index in [4.69, 9.17) is 4.42 Å². The molecule has 32 heavy (non-hydrogen) atoms. The Bertz CT molecular complexity index is 1200. The molecule has 5 rings (SSSR count). The molecule has 0 bridgehead atoms. The molecule has 0 radical (unpaired) electrons. The van der Waals surface area contributed by atoms with Gasteiger partial charge in [-0.25, -0.2) is 9.97 Å². The molecule has 162 valence electrons. The van der Waals surface area contributed by atoms with Crippen molar-refractivity contribution in [3.8, 4) is 10.7 Å². The number of nitrogens with zero attached hydrogens (tertiary/aromatic N) is 4. The third kappa shape index (κ3) is 4.34. The van der Waals surface area contributed by atoms with Crippen molar-refractivity contribution >= 4 is 17.2 Å². The van der Waals surface area contributed by atoms with Crippen LogP contribution in [0.25, 0.3) is 10.7 Å². The monoisotopic (exact) mass is 444 g/mol. The van der Waals surface area contributed by atoms with Crippen LogP contribution in [0, 0.1) is 6.92 Å². The molecule has 4 aromatic rings. The molecular formula is C25H24N4O2S. The summed E-state index contributed by atoms with van der Waals surface area (Å²) < 4.78 is 6.08. The van der Waals surface area contributed by atoms with Gasteiger partial charge in [-0.1, -0.05) is 36.4 Å². The number of aryl methyl sites for hydroxylation is 1. The average molecular weight is 445 g/mol. The fourth-order valence-corrected chi connectivity index (χ4v) is 5.10. The first-order chi connectivity index (χ1) is 15.7. The first-order valence-corrected chi connectivity index (χ1v) is 11.7. The molecule has 0 spiro atoms. The van der Waals surface area contributed by atoms with Crippen molar-refractivity contribution < 1.29 is 9.21 Å². The summed E-state index contributed by atoms with van der Waals surface area (Å²) >= 11 is 1.41. The van der Waals surface area contributed by atoms with Crippen LogP contribution in [0.1, 0.15) is 51.3 Å². The molecule has 4 heterocycles. The molecule has 1 aliphatic heterocycles. The Labute approximate surface area is 191 Å². The summed E-state index contributed by atoms with van der Waals surface area (Å²) in [5, 5.41) is 0.776.